The molecular weight excluding hydrogens is 373 g/mol. The highest BCUT2D eigenvalue weighted by molar-refractivity contribution is 5.83. The van der Waals surface area contributed by atoms with Gasteiger partial charge in [0.1, 0.15) is 11.6 Å². The fraction of sp³-hybridized carbons (Fsp3) is 0.391. The first-order valence-corrected chi connectivity index (χ1v) is 9.92. The van der Waals surface area contributed by atoms with E-state index in [0.717, 1.165) is 19.3 Å². The normalized spacial score (nSPS) is 15.6. The summed E-state index contributed by atoms with van der Waals surface area (Å²) in [6.45, 7) is 2.52. The Morgan fingerprint density at radius 3 is 2.52 bits per heavy atom. The molecule has 1 saturated heterocycles. The molecule has 0 bridgehead atoms. The fourth-order valence-electron chi connectivity index (χ4n) is 3.54. The summed E-state index contributed by atoms with van der Waals surface area (Å²) in [4.78, 5) is 26.3. The largest absolute Gasteiger partial charge is 0.482 e. The first-order chi connectivity index (χ1) is 14.0. The maximum atomic E-state index is 13.1. The molecule has 0 spiro atoms. The maximum absolute atomic E-state index is 13.1. The van der Waals surface area contributed by atoms with Crippen LogP contribution < -0.4 is 4.74 Å². The third kappa shape index (κ3) is 6.31. The van der Waals surface area contributed by atoms with Gasteiger partial charge in [-0.3, -0.25) is 4.79 Å². The molecular formula is C23H26FNO4. The highest BCUT2D eigenvalue weighted by Crippen LogP contribution is 2.22. The van der Waals surface area contributed by atoms with Crippen LogP contribution in [0.2, 0.25) is 0 Å². The topological polar surface area (TPSA) is 55.8 Å². The van der Waals surface area contributed by atoms with Crippen molar-refractivity contribution < 1.29 is 23.5 Å². The number of ether oxygens (including phenoxy) is 2. The molecule has 1 heterocycles. The molecule has 2 aromatic carbocycles. The number of hydrogen-bond donors (Lipinski definition) is 0. The molecule has 0 aliphatic carbocycles. The van der Waals surface area contributed by atoms with Crippen molar-refractivity contribution in [1.82, 2.24) is 4.90 Å². The van der Waals surface area contributed by atoms with Crippen LogP contribution >= 0.6 is 0 Å². The van der Waals surface area contributed by atoms with Gasteiger partial charge in [-0.05, 0) is 49.8 Å². The fourth-order valence-corrected chi connectivity index (χ4v) is 3.54. The van der Waals surface area contributed by atoms with Crippen molar-refractivity contribution in [3.63, 3.8) is 0 Å². The van der Waals surface area contributed by atoms with E-state index in [9.17, 15) is 14.0 Å². The second-order valence-electron chi connectivity index (χ2n) is 7.34. The lowest BCUT2D eigenvalue weighted by Gasteiger charge is -2.33. The number of halogens is 1. The Morgan fingerprint density at radius 1 is 1.10 bits per heavy atom. The number of esters is 1. The van der Waals surface area contributed by atoms with Crippen molar-refractivity contribution >= 4 is 11.9 Å². The van der Waals surface area contributed by atoms with Gasteiger partial charge in [-0.2, -0.15) is 0 Å². The molecule has 1 unspecified atom stereocenters. The minimum Gasteiger partial charge on any atom is -0.482 e. The summed E-state index contributed by atoms with van der Waals surface area (Å²) in [5, 5.41) is 0. The van der Waals surface area contributed by atoms with Crippen LogP contribution in [0.15, 0.2) is 54.6 Å². The van der Waals surface area contributed by atoms with Gasteiger partial charge < -0.3 is 14.4 Å². The third-order valence-corrected chi connectivity index (χ3v) is 5.10. The highest BCUT2D eigenvalue weighted by atomic mass is 19.1. The Labute approximate surface area is 170 Å². The van der Waals surface area contributed by atoms with Crippen molar-refractivity contribution in [3.8, 4) is 5.75 Å². The molecule has 0 N–H and O–H groups in total. The lowest BCUT2D eigenvalue weighted by atomic mass is 9.90. The summed E-state index contributed by atoms with van der Waals surface area (Å²) < 4.78 is 23.5. The zero-order valence-electron chi connectivity index (χ0n) is 16.6. The van der Waals surface area contributed by atoms with E-state index in [1.807, 2.05) is 18.2 Å². The lowest BCUT2D eigenvalue weighted by molar-refractivity contribution is -0.161. The van der Waals surface area contributed by atoms with E-state index in [2.05, 4.69) is 12.1 Å². The second kappa shape index (κ2) is 10.0. The summed E-state index contributed by atoms with van der Waals surface area (Å²) >= 11 is 0. The number of carbonyl (C=O) groups is 2. The average Bonchev–Trinajstić information content (AvgIpc) is 2.73. The molecule has 2 aromatic rings. The molecule has 3 rings (SSSR count). The Hall–Kier alpha value is -2.89. The number of piperidine rings is 1. The predicted octanol–water partition coefficient (Wildman–Crippen LogP) is 3.62. The highest BCUT2D eigenvalue weighted by Gasteiger charge is 2.28. The van der Waals surface area contributed by atoms with E-state index < -0.39 is 17.9 Å². The number of likely N-dealkylation sites (tertiary alicyclic amines) is 1. The standard InChI is InChI=1S/C23H26FNO4/c1-17(29-22(26)16-28-21-9-5-8-20(24)15-21)23(27)25-12-10-19(11-13-25)14-18-6-3-2-4-7-18/h2-9,15,17,19H,10-14,16H2,1H3. The Bertz CT molecular complexity index is 819. The van der Waals surface area contributed by atoms with Gasteiger partial charge in [-0.1, -0.05) is 36.4 Å². The molecule has 1 aliphatic heterocycles. The van der Waals surface area contributed by atoms with Crippen LogP contribution in [0.25, 0.3) is 0 Å². The SMILES string of the molecule is CC(OC(=O)COc1cccc(F)c1)C(=O)N1CCC(Cc2ccccc2)CC1. The summed E-state index contributed by atoms with van der Waals surface area (Å²) in [7, 11) is 0. The van der Waals surface area contributed by atoms with E-state index in [-0.39, 0.29) is 18.3 Å². The Morgan fingerprint density at radius 2 is 1.83 bits per heavy atom. The van der Waals surface area contributed by atoms with E-state index >= 15 is 0 Å². The zero-order valence-corrected chi connectivity index (χ0v) is 16.6. The molecule has 6 heteroatoms. The smallest absolute Gasteiger partial charge is 0.344 e. The van der Waals surface area contributed by atoms with Gasteiger partial charge in [-0.15, -0.1) is 0 Å². The summed E-state index contributed by atoms with van der Waals surface area (Å²) in [6.07, 6.45) is 2.02. The second-order valence-corrected chi connectivity index (χ2v) is 7.34. The molecule has 29 heavy (non-hydrogen) atoms. The summed E-state index contributed by atoms with van der Waals surface area (Å²) in [5.74, 6) is -0.508. The van der Waals surface area contributed by atoms with Crippen LogP contribution in [0.1, 0.15) is 25.3 Å². The number of nitrogens with zero attached hydrogens (tertiary/aromatic N) is 1. The molecule has 1 aliphatic rings. The number of hydrogen-bond acceptors (Lipinski definition) is 4. The van der Waals surface area contributed by atoms with E-state index in [1.165, 1.54) is 23.8 Å². The molecule has 0 saturated carbocycles. The minimum absolute atomic E-state index is 0.192. The van der Waals surface area contributed by atoms with Gasteiger partial charge in [0.15, 0.2) is 12.7 Å². The van der Waals surface area contributed by atoms with Crippen LogP contribution in [-0.4, -0.2) is 42.6 Å². The van der Waals surface area contributed by atoms with Crippen molar-refractivity contribution in [1.29, 1.82) is 0 Å². The van der Waals surface area contributed by atoms with Crippen LogP contribution in [0, 0.1) is 11.7 Å². The molecule has 1 amide bonds. The quantitative estimate of drug-likeness (QED) is 0.668. The predicted molar refractivity (Wildman–Crippen MR) is 107 cm³/mol. The lowest BCUT2D eigenvalue weighted by Crippen LogP contribution is -2.44. The molecule has 1 fully saturated rings. The van der Waals surface area contributed by atoms with Gasteiger partial charge in [0.25, 0.3) is 5.91 Å². The van der Waals surface area contributed by atoms with Crippen LogP contribution in [-0.2, 0) is 20.7 Å². The van der Waals surface area contributed by atoms with E-state index in [4.69, 9.17) is 9.47 Å². The van der Waals surface area contributed by atoms with E-state index in [0.29, 0.717) is 19.0 Å². The number of amides is 1. The number of rotatable bonds is 7. The monoisotopic (exact) mass is 399 g/mol. The van der Waals surface area contributed by atoms with Gasteiger partial charge in [0, 0.05) is 19.2 Å². The Kier molecular flexibility index (Phi) is 7.22. The van der Waals surface area contributed by atoms with Crippen molar-refractivity contribution in [3.05, 3.63) is 66.0 Å². The number of benzene rings is 2. The summed E-state index contributed by atoms with van der Waals surface area (Å²) in [6, 6.07) is 15.9. The van der Waals surface area contributed by atoms with Crippen LogP contribution in [0.5, 0.6) is 5.75 Å². The van der Waals surface area contributed by atoms with Crippen LogP contribution in [0.3, 0.4) is 0 Å². The molecule has 1 atom stereocenters. The molecule has 0 radical (unpaired) electrons. The Balaban J connectivity index is 1.40. The molecule has 5 nitrogen and oxygen atoms in total. The van der Waals surface area contributed by atoms with E-state index in [1.54, 1.807) is 17.9 Å². The van der Waals surface area contributed by atoms with Crippen molar-refractivity contribution in [2.24, 2.45) is 5.92 Å². The summed E-state index contributed by atoms with van der Waals surface area (Å²) in [5.41, 5.74) is 1.32. The third-order valence-electron chi connectivity index (χ3n) is 5.10. The van der Waals surface area contributed by atoms with Gasteiger partial charge >= 0.3 is 5.97 Å². The first kappa shape index (κ1) is 20.8. The first-order valence-electron chi connectivity index (χ1n) is 9.92. The molecule has 154 valence electrons. The van der Waals surface area contributed by atoms with Crippen molar-refractivity contribution in [2.45, 2.75) is 32.3 Å². The average molecular weight is 399 g/mol. The van der Waals surface area contributed by atoms with Gasteiger partial charge in [0.2, 0.25) is 0 Å². The molecule has 0 aromatic heterocycles. The minimum atomic E-state index is -0.871. The maximum Gasteiger partial charge on any atom is 0.344 e. The van der Waals surface area contributed by atoms with Crippen LogP contribution in [0.4, 0.5) is 4.39 Å². The van der Waals surface area contributed by atoms with Gasteiger partial charge in [-0.25, -0.2) is 9.18 Å². The van der Waals surface area contributed by atoms with Gasteiger partial charge in [0.05, 0.1) is 0 Å². The zero-order chi connectivity index (χ0) is 20.6. The number of carbonyl (C=O) groups excluding carboxylic acids is 2. The van der Waals surface area contributed by atoms with Crippen molar-refractivity contribution in [2.75, 3.05) is 19.7 Å².